The highest BCUT2D eigenvalue weighted by Gasteiger charge is 2.00. The van der Waals surface area contributed by atoms with Gasteiger partial charge in [0.1, 0.15) is 0 Å². The molecule has 44 valence electrons. The monoisotopic (exact) mass is 139 g/mol. The maximum absolute atomic E-state index is 10.2. The molecule has 0 aromatic carbocycles. The lowest BCUT2D eigenvalue weighted by atomic mass is 10.6. The van der Waals surface area contributed by atoms with Crippen molar-refractivity contribution in [2.75, 3.05) is 5.75 Å². The van der Waals surface area contributed by atoms with Crippen molar-refractivity contribution in [3.05, 3.63) is 0 Å². The van der Waals surface area contributed by atoms with Crippen molar-refractivity contribution in [3.63, 3.8) is 0 Å². The van der Waals surface area contributed by atoms with Gasteiger partial charge in [-0.3, -0.25) is 5.14 Å². The number of hydrogen-bond donors (Lipinski definition) is 2. The molecule has 0 heterocycles. The topological polar surface area (TPSA) is 43.1 Å². The second-order valence-corrected chi connectivity index (χ2v) is 3.15. The van der Waals surface area contributed by atoms with Gasteiger partial charge in [-0.05, 0) is 6.92 Å². The molecular formula is C3H9NOS2. The fraction of sp³-hybridized carbons (Fsp3) is 1.00. The van der Waals surface area contributed by atoms with Gasteiger partial charge >= 0.3 is 0 Å². The third kappa shape index (κ3) is 3.08. The third-order valence-corrected chi connectivity index (χ3v) is 2.41. The summed E-state index contributed by atoms with van der Waals surface area (Å²) >= 11 is 3.88. The lowest BCUT2D eigenvalue weighted by Gasteiger charge is -1.98. The van der Waals surface area contributed by atoms with Crippen LogP contribution in [-0.4, -0.2) is 15.2 Å². The van der Waals surface area contributed by atoms with Crippen LogP contribution in [0, 0.1) is 0 Å². The third-order valence-electron chi connectivity index (χ3n) is 0.654. The summed E-state index contributed by atoms with van der Waals surface area (Å²) in [4.78, 5) is 0. The summed E-state index contributed by atoms with van der Waals surface area (Å²) in [7, 11) is -1.19. The molecule has 0 bridgehead atoms. The van der Waals surface area contributed by atoms with Gasteiger partial charge in [-0.1, -0.05) is 0 Å². The first kappa shape index (κ1) is 7.46. The quantitative estimate of drug-likeness (QED) is 0.517. The van der Waals surface area contributed by atoms with Gasteiger partial charge in [0.25, 0.3) is 0 Å². The highest BCUT2D eigenvalue weighted by molar-refractivity contribution is 7.86. The second kappa shape index (κ2) is 3.46. The minimum absolute atomic E-state index is 0.0170. The molecule has 2 nitrogen and oxygen atoms in total. The maximum Gasteiger partial charge on any atom is 0.0925 e. The van der Waals surface area contributed by atoms with E-state index in [1.807, 2.05) is 0 Å². The highest BCUT2D eigenvalue weighted by atomic mass is 32.2. The zero-order valence-corrected chi connectivity index (χ0v) is 5.84. The number of hydrogen-bond acceptors (Lipinski definition) is 2. The molecule has 0 aliphatic carbocycles. The van der Waals surface area contributed by atoms with Crippen LogP contribution in [0.4, 0.5) is 0 Å². The Kier molecular flexibility index (Phi) is 3.69. The van der Waals surface area contributed by atoms with E-state index in [4.69, 9.17) is 5.14 Å². The lowest BCUT2D eigenvalue weighted by Crippen LogP contribution is -2.19. The van der Waals surface area contributed by atoms with Gasteiger partial charge in [0.05, 0.1) is 16.2 Å². The normalized spacial score (nSPS) is 18.7. The van der Waals surface area contributed by atoms with Crippen LogP contribution < -0.4 is 5.14 Å². The van der Waals surface area contributed by atoms with Gasteiger partial charge in [-0.15, -0.1) is 0 Å². The van der Waals surface area contributed by atoms with Gasteiger partial charge in [-0.2, -0.15) is 12.6 Å². The minimum atomic E-state index is -1.19. The van der Waals surface area contributed by atoms with Crippen molar-refractivity contribution in [1.29, 1.82) is 0 Å². The molecule has 2 unspecified atom stereocenters. The Bertz CT molecular complexity index is 75.3. The largest absolute Gasteiger partial charge is 0.252 e. The van der Waals surface area contributed by atoms with Gasteiger partial charge < -0.3 is 0 Å². The molecule has 0 rings (SSSR count). The van der Waals surface area contributed by atoms with E-state index in [2.05, 4.69) is 12.6 Å². The van der Waals surface area contributed by atoms with Crippen molar-refractivity contribution in [1.82, 2.24) is 0 Å². The van der Waals surface area contributed by atoms with E-state index in [0.29, 0.717) is 5.75 Å². The van der Waals surface area contributed by atoms with Crippen LogP contribution in [0.25, 0.3) is 0 Å². The Hall–Kier alpha value is 0.460. The molecule has 0 spiro atoms. The predicted octanol–water partition coefficient (Wildman–Crippen LogP) is -0.0729. The van der Waals surface area contributed by atoms with Crippen molar-refractivity contribution in [3.8, 4) is 0 Å². The van der Waals surface area contributed by atoms with Crippen LogP contribution >= 0.6 is 12.6 Å². The average molecular weight is 139 g/mol. The van der Waals surface area contributed by atoms with Crippen LogP contribution in [0.2, 0.25) is 0 Å². The van der Waals surface area contributed by atoms with Crippen LogP contribution in [0.3, 0.4) is 0 Å². The molecule has 0 aliphatic rings. The van der Waals surface area contributed by atoms with Crippen molar-refractivity contribution in [2.24, 2.45) is 5.14 Å². The molecule has 0 radical (unpaired) electrons. The lowest BCUT2D eigenvalue weighted by molar-refractivity contribution is 0.678. The predicted molar refractivity (Wildman–Crippen MR) is 35.6 cm³/mol. The summed E-state index contributed by atoms with van der Waals surface area (Å²) in [6, 6.07) is 0. The Morgan fingerprint density at radius 2 is 2.43 bits per heavy atom. The first-order valence-corrected chi connectivity index (χ1v) is 3.85. The molecule has 0 aliphatic heterocycles. The van der Waals surface area contributed by atoms with E-state index in [-0.39, 0.29) is 5.25 Å². The van der Waals surface area contributed by atoms with E-state index >= 15 is 0 Å². The first-order chi connectivity index (χ1) is 3.18. The van der Waals surface area contributed by atoms with E-state index in [9.17, 15) is 4.21 Å². The Balaban J connectivity index is 3.34. The maximum atomic E-state index is 10.2. The average Bonchev–Trinajstić information content (AvgIpc) is 1.65. The number of rotatable bonds is 2. The summed E-state index contributed by atoms with van der Waals surface area (Å²) in [6.07, 6.45) is 0. The first-order valence-electron chi connectivity index (χ1n) is 1.94. The fourth-order valence-corrected chi connectivity index (χ4v) is 0.661. The molecule has 0 saturated heterocycles. The van der Waals surface area contributed by atoms with Gasteiger partial charge in [0, 0.05) is 5.75 Å². The molecule has 7 heavy (non-hydrogen) atoms. The zero-order chi connectivity index (χ0) is 5.86. The van der Waals surface area contributed by atoms with Crippen molar-refractivity contribution >= 4 is 23.6 Å². The molecule has 0 saturated carbocycles. The fourth-order valence-electron chi connectivity index (χ4n) is 0.0735. The Labute approximate surface area is 51.5 Å². The van der Waals surface area contributed by atoms with Crippen molar-refractivity contribution in [2.45, 2.75) is 12.2 Å². The second-order valence-electron chi connectivity index (χ2n) is 1.32. The number of nitrogens with two attached hydrogens (primary N) is 1. The summed E-state index contributed by atoms with van der Waals surface area (Å²) in [6.45, 7) is 1.79. The van der Waals surface area contributed by atoms with Gasteiger partial charge in [-0.25, -0.2) is 4.21 Å². The molecule has 2 N–H and O–H groups in total. The molecule has 0 aromatic heterocycles. The van der Waals surface area contributed by atoms with Crippen LogP contribution in [0.15, 0.2) is 0 Å². The molecule has 4 heteroatoms. The highest BCUT2D eigenvalue weighted by Crippen LogP contribution is 1.90. The van der Waals surface area contributed by atoms with E-state index in [0.717, 1.165) is 0 Å². The zero-order valence-electron chi connectivity index (χ0n) is 4.13. The van der Waals surface area contributed by atoms with E-state index < -0.39 is 11.0 Å². The van der Waals surface area contributed by atoms with E-state index in [1.165, 1.54) is 0 Å². The van der Waals surface area contributed by atoms with Gasteiger partial charge in [0.2, 0.25) is 0 Å². The number of thiol groups is 1. The van der Waals surface area contributed by atoms with E-state index in [1.54, 1.807) is 6.92 Å². The summed E-state index contributed by atoms with van der Waals surface area (Å²) in [5.74, 6) is 0.586. The molecule has 2 atom stereocenters. The van der Waals surface area contributed by atoms with Crippen molar-refractivity contribution < 1.29 is 4.21 Å². The minimum Gasteiger partial charge on any atom is -0.252 e. The Morgan fingerprint density at radius 1 is 2.00 bits per heavy atom. The van der Waals surface area contributed by atoms with Crippen LogP contribution in [0.1, 0.15) is 6.92 Å². The van der Waals surface area contributed by atoms with Gasteiger partial charge in [0.15, 0.2) is 0 Å². The molecular weight excluding hydrogens is 130 g/mol. The molecule has 0 aromatic rings. The van der Waals surface area contributed by atoms with Crippen LogP contribution in [-0.2, 0) is 11.0 Å². The SMILES string of the molecule is CC(CS)S(N)=O. The molecule has 0 fully saturated rings. The summed E-state index contributed by atoms with van der Waals surface area (Å²) in [5, 5.41) is 4.99. The smallest absolute Gasteiger partial charge is 0.0925 e. The summed E-state index contributed by atoms with van der Waals surface area (Å²) < 4.78 is 10.2. The molecule has 0 amide bonds. The standard InChI is InChI=1S/C3H9NOS2/c1-3(2-6)7(4)5/h3,6H,2,4H2,1H3. The van der Waals surface area contributed by atoms with Crippen LogP contribution in [0.5, 0.6) is 0 Å². The summed E-state index contributed by atoms with van der Waals surface area (Å²) in [5.41, 5.74) is 0. The Morgan fingerprint density at radius 3 is 2.43 bits per heavy atom.